The Morgan fingerprint density at radius 1 is 1.33 bits per heavy atom. The van der Waals surface area contributed by atoms with Gasteiger partial charge < -0.3 is 19.8 Å². The summed E-state index contributed by atoms with van der Waals surface area (Å²) in [5.74, 6) is -0.384. The van der Waals surface area contributed by atoms with Crippen molar-refractivity contribution in [2.75, 3.05) is 0 Å². The van der Waals surface area contributed by atoms with Crippen molar-refractivity contribution in [1.82, 2.24) is 0 Å². The number of phenols is 1. The van der Waals surface area contributed by atoms with Crippen molar-refractivity contribution in [3.8, 4) is 11.5 Å². The predicted octanol–water partition coefficient (Wildman–Crippen LogP) is 0.394. The molecule has 1 aromatic rings. The largest absolute Gasteiger partial charge is 0.707 e. The maximum absolute atomic E-state index is 9.17. The van der Waals surface area contributed by atoms with Crippen LogP contribution in [0.4, 0.5) is 0 Å². The monoisotopic (exact) mass is 188 g/mol. The molecule has 4 nitrogen and oxygen atoms in total. The molecule has 0 aromatic heterocycles. The van der Waals surface area contributed by atoms with Crippen molar-refractivity contribution in [1.29, 1.82) is 0 Å². The van der Waals surface area contributed by atoms with Crippen molar-refractivity contribution < 1.29 is 19.8 Å². The number of hydrogen-bond acceptors (Lipinski definition) is 4. The zero-order valence-electron chi connectivity index (χ0n) is 5.94. The molecule has 0 aliphatic carbocycles. The first kappa shape index (κ1) is 9.19. The Morgan fingerprint density at radius 3 is 2.58 bits per heavy atom. The molecule has 64 valence electrons. The molecule has 3 N–H and O–H groups in total. The Hall–Kier alpha value is -0.905. The Labute approximate surface area is 74.2 Å². The fourth-order valence-corrected chi connectivity index (χ4v) is 0.870. The topological polar surface area (TPSA) is 69.9 Å². The molecule has 1 rings (SSSR count). The van der Waals surface area contributed by atoms with E-state index in [0.717, 1.165) is 0 Å². The van der Waals surface area contributed by atoms with Crippen LogP contribution in [0.25, 0.3) is 0 Å². The first-order valence-corrected chi connectivity index (χ1v) is 3.49. The highest BCUT2D eigenvalue weighted by Gasteiger charge is 2.15. The van der Waals surface area contributed by atoms with Gasteiger partial charge in [0.25, 0.3) is 0 Å². The van der Waals surface area contributed by atoms with Gasteiger partial charge in [-0.05, 0) is 12.1 Å². The molecular weight excluding hydrogens is 182 g/mol. The van der Waals surface area contributed by atoms with Gasteiger partial charge in [0.2, 0.25) is 0 Å². The van der Waals surface area contributed by atoms with Gasteiger partial charge in [0.05, 0.1) is 5.02 Å². The zero-order valence-corrected chi connectivity index (χ0v) is 6.69. The summed E-state index contributed by atoms with van der Waals surface area (Å²) in [5, 5.41) is 26.1. The number of rotatable bonds is 2. The molecule has 0 bridgehead atoms. The fraction of sp³-hybridized carbons (Fsp3) is 0. The molecule has 0 unspecified atom stereocenters. The van der Waals surface area contributed by atoms with Crippen LogP contribution in [0.3, 0.4) is 0 Å². The molecule has 0 heterocycles. The lowest BCUT2D eigenvalue weighted by atomic mass is 10.2. The van der Waals surface area contributed by atoms with Crippen molar-refractivity contribution in [2.45, 2.75) is 0 Å². The molecule has 6 heteroatoms. The Balaban J connectivity index is 2.92. The first-order chi connectivity index (χ1) is 5.61. The van der Waals surface area contributed by atoms with Crippen LogP contribution in [0.1, 0.15) is 0 Å². The third-order valence-electron chi connectivity index (χ3n) is 1.18. The second kappa shape index (κ2) is 3.66. The van der Waals surface area contributed by atoms with Gasteiger partial charge in [0.1, 0.15) is 5.75 Å². The van der Waals surface area contributed by atoms with E-state index in [4.69, 9.17) is 26.8 Å². The third-order valence-corrected chi connectivity index (χ3v) is 1.49. The van der Waals surface area contributed by atoms with Crippen molar-refractivity contribution >= 4 is 18.9 Å². The summed E-state index contributed by atoms with van der Waals surface area (Å²) >= 11 is 5.50. The van der Waals surface area contributed by atoms with E-state index >= 15 is 0 Å². The SMILES string of the molecule is OB(O)Oc1cccc(Cl)c1O. The van der Waals surface area contributed by atoms with Crippen molar-refractivity contribution in [3.05, 3.63) is 23.2 Å². The molecular formula is C6H6BClO4. The average molecular weight is 188 g/mol. The number of phenolic OH excluding ortho intramolecular Hbond substituents is 1. The summed E-state index contributed by atoms with van der Waals surface area (Å²) in [4.78, 5) is 0. The highest BCUT2D eigenvalue weighted by Crippen LogP contribution is 2.33. The van der Waals surface area contributed by atoms with E-state index in [1.807, 2.05) is 0 Å². The molecule has 12 heavy (non-hydrogen) atoms. The van der Waals surface area contributed by atoms with Crippen LogP contribution in [0, 0.1) is 0 Å². The molecule has 1 aromatic carbocycles. The molecule has 0 saturated carbocycles. The van der Waals surface area contributed by atoms with E-state index in [-0.39, 0.29) is 16.5 Å². The van der Waals surface area contributed by atoms with E-state index in [0.29, 0.717) is 0 Å². The lowest BCUT2D eigenvalue weighted by Gasteiger charge is -2.06. The summed E-state index contributed by atoms with van der Waals surface area (Å²) in [5.41, 5.74) is 0. The van der Waals surface area contributed by atoms with E-state index in [1.54, 1.807) is 0 Å². The zero-order chi connectivity index (χ0) is 9.14. The van der Waals surface area contributed by atoms with E-state index in [2.05, 4.69) is 4.65 Å². The van der Waals surface area contributed by atoms with Gasteiger partial charge in [0, 0.05) is 0 Å². The minimum absolute atomic E-state index is 0.0718. The van der Waals surface area contributed by atoms with Gasteiger partial charge in [-0.3, -0.25) is 0 Å². The molecule has 0 radical (unpaired) electrons. The standard InChI is InChI=1S/C6H6BClO4/c8-4-2-1-3-5(6(4)9)12-7(10)11/h1-3,9-11H. The van der Waals surface area contributed by atoms with Crippen LogP contribution in [0.5, 0.6) is 11.5 Å². The number of para-hydroxylation sites is 1. The molecule has 0 amide bonds. The van der Waals surface area contributed by atoms with Crippen LogP contribution >= 0.6 is 11.6 Å². The maximum Gasteiger partial charge on any atom is 0.707 e. The molecule has 0 fully saturated rings. The fourth-order valence-electron chi connectivity index (χ4n) is 0.704. The van der Waals surface area contributed by atoms with Gasteiger partial charge >= 0.3 is 7.32 Å². The van der Waals surface area contributed by atoms with Gasteiger partial charge in [0.15, 0.2) is 5.75 Å². The van der Waals surface area contributed by atoms with Crippen LogP contribution in [-0.2, 0) is 0 Å². The number of aromatic hydroxyl groups is 1. The smallest absolute Gasteiger partial charge is 0.509 e. The Kier molecular flexibility index (Phi) is 2.81. The van der Waals surface area contributed by atoms with Crippen LogP contribution in [-0.4, -0.2) is 22.5 Å². The van der Waals surface area contributed by atoms with Gasteiger partial charge in [-0.25, -0.2) is 0 Å². The van der Waals surface area contributed by atoms with Crippen molar-refractivity contribution in [3.63, 3.8) is 0 Å². The van der Waals surface area contributed by atoms with Gasteiger partial charge in [-0.2, -0.15) is 0 Å². The Morgan fingerprint density at radius 2 is 2.00 bits per heavy atom. The number of halogens is 1. The molecule has 0 aliphatic heterocycles. The number of benzene rings is 1. The lowest BCUT2D eigenvalue weighted by Crippen LogP contribution is -2.20. The normalized spacial score (nSPS) is 9.58. The van der Waals surface area contributed by atoms with Crippen molar-refractivity contribution in [2.24, 2.45) is 0 Å². The van der Waals surface area contributed by atoms with E-state index in [9.17, 15) is 0 Å². The molecule has 0 spiro atoms. The first-order valence-electron chi connectivity index (χ1n) is 3.11. The quantitative estimate of drug-likeness (QED) is 0.587. The molecule has 0 atom stereocenters. The predicted molar refractivity (Wildman–Crippen MR) is 43.9 cm³/mol. The van der Waals surface area contributed by atoms with Gasteiger partial charge in [-0.1, -0.05) is 17.7 Å². The van der Waals surface area contributed by atoms with E-state index in [1.165, 1.54) is 18.2 Å². The van der Waals surface area contributed by atoms with Crippen LogP contribution in [0.15, 0.2) is 18.2 Å². The maximum atomic E-state index is 9.17. The summed E-state index contributed by atoms with van der Waals surface area (Å²) in [6, 6.07) is 4.33. The second-order valence-electron chi connectivity index (χ2n) is 2.03. The summed E-state index contributed by atoms with van der Waals surface area (Å²) in [6.07, 6.45) is 0. The summed E-state index contributed by atoms with van der Waals surface area (Å²) < 4.78 is 4.40. The van der Waals surface area contributed by atoms with Gasteiger partial charge in [-0.15, -0.1) is 0 Å². The number of hydrogen-bond donors (Lipinski definition) is 3. The minimum Gasteiger partial charge on any atom is -0.509 e. The highest BCUT2D eigenvalue weighted by atomic mass is 35.5. The summed E-state index contributed by atoms with van der Waals surface area (Å²) in [6.45, 7) is 0. The second-order valence-corrected chi connectivity index (χ2v) is 2.44. The van der Waals surface area contributed by atoms with Crippen LogP contribution in [0.2, 0.25) is 5.02 Å². The summed E-state index contributed by atoms with van der Waals surface area (Å²) in [7, 11) is -1.96. The Bertz CT molecular complexity index is 278. The lowest BCUT2D eigenvalue weighted by molar-refractivity contribution is 0.281. The van der Waals surface area contributed by atoms with Crippen LogP contribution < -0.4 is 4.65 Å². The molecule has 0 saturated heterocycles. The average Bonchev–Trinajstić information content (AvgIpc) is 1.98. The third kappa shape index (κ3) is 2.04. The van der Waals surface area contributed by atoms with E-state index < -0.39 is 7.32 Å². The highest BCUT2D eigenvalue weighted by molar-refractivity contribution is 6.34. The minimum atomic E-state index is -1.96. The molecule has 0 aliphatic rings.